The summed E-state index contributed by atoms with van der Waals surface area (Å²) in [7, 11) is -1.80. The first-order chi connectivity index (χ1) is 14.5. The van der Waals surface area contributed by atoms with Gasteiger partial charge in [0, 0.05) is 29.8 Å². The molecule has 2 heterocycles. The molecule has 0 fully saturated rings. The Morgan fingerprint density at radius 3 is 2.73 bits per heavy atom. The molecule has 152 valence electrons. The molecule has 2 aliphatic rings. The molecule has 2 atom stereocenters. The van der Waals surface area contributed by atoms with Gasteiger partial charge in [-0.15, -0.1) is 0 Å². The predicted octanol–water partition coefficient (Wildman–Crippen LogP) is 3.17. The first-order valence-electron chi connectivity index (χ1n) is 9.84. The lowest BCUT2D eigenvalue weighted by Crippen LogP contribution is -2.35. The Bertz CT molecular complexity index is 1180. The number of amides is 1. The molecule has 0 bridgehead atoms. The van der Waals surface area contributed by atoms with Crippen LogP contribution in [0.3, 0.4) is 0 Å². The lowest BCUT2D eigenvalue weighted by atomic mass is 10.0. The van der Waals surface area contributed by atoms with Gasteiger partial charge in [0.2, 0.25) is 5.91 Å². The zero-order valence-corrected chi connectivity index (χ0v) is 17.0. The molecule has 1 aliphatic heterocycles. The Hall–Kier alpha value is -2.90. The number of fused-ring (bicyclic) bond motifs is 2. The molecule has 5 rings (SSSR count). The van der Waals surface area contributed by atoms with Crippen molar-refractivity contribution >= 4 is 22.6 Å². The van der Waals surface area contributed by atoms with E-state index in [1.165, 1.54) is 6.07 Å². The SMILES string of the molecule is NS(=O)c1cc(F)c2c(c1)N(C(=O)C1Cc3ccc(-c4ccccn4)cc3C1)CC2. The molecule has 2 aromatic carbocycles. The van der Waals surface area contributed by atoms with Gasteiger partial charge in [-0.1, -0.05) is 18.2 Å². The van der Waals surface area contributed by atoms with Gasteiger partial charge in [-0.25, -0.2) is 13.7 Å². The lowest BCUT2D eigenvalue weighted by Gasteiger charge is -2.21. The number of aromatic nitrogens is 1. The van der Waals surface area contributed by atoms with E-state index in [4.69, 9.17) is 5.14 Å². The molecule has 1 aromatic heterocycles. The molecule has 30 heavy (non-hydrogen) atoms. The van der Waals surface area contributed by atoms with Gasteiger partial charge in [0.1, 0.15) is 16.8 Å². The predicted molar refractivity (Wildman–Crippen MR) is 114 cm³/mol. The second-order valence-corrected chi connectivity index (χ2v) is 8.81. The number of halogens is 1. The number of hydrogen-bond donors (Lipinski definition) is 1. The normalized spacial score (nSPS) is 18.2. The molecule has 0 radical (unpaired) electrons. The average Bonchev–Trinajstić information content (AvgIpc) is 3.38. The van der Waals surface area contributed by atoms with Gasteiger partial charge in [0.05, 0.1) is 16.3 Å². The topological polar surface area (TPSA) is 76.3 Å². The summed E-state index contributed by atoms with van der Waals surface area (Å²) in [5, 5.41) is 5.44. The number of carbonyl (C=O) groups is 1. The van der Waals surface area contributed by atoms with Crippen molar-refractivity contribution < 1.29 is 13.4 Å². The van der Waals surface area contributed by atoms with Crippen molar-refractivity contribution in [2.24, 2.45) is 11.1 Å². The summed E-state index contributed by atoms with van der Waals surface area (Å²) in [6.45, 7) is 0.428. The highest BCUT2D eigenvalue weighted by molar-refractivity contribution is 7.82. The largest absolute Gasteiger partial charge is 0.311 e. The quantitative estimate of drug-likeness (QED) is 0.706. The molecule has 5 nitrogen and oxygen atoms in total. The van der Waals surface area contributed by atoms with E-state index in [2.05, 4.69) is 17.1 Å². The van der Waals surface area contributed by atoms with E-state index in [0.29, 0.717) is 37.1 Å². The Morgan fingerprint density at radius 1 is 1.13 bits per heavy atom. The fourth-order valence-corrected chi connectivity index (χ4v) is 4.93. The Balaban J connectivity index is 1.40. The van der Waals surface area contributed by atoms with Crippen LogP contribution in [0.2, 0.25) is 0 Å². The number of nitrogens with zero attached hydrogens (tertiary/aromatic N) is 2. The summed E-state index contributed by atoms with van der Waals surface area (Å²) in [5.41, 5.74) is 5.24. The van der Waals surface area contributed by atoms with Crippen LogP contribution in [0.5, 0.6) is 0 Å². The Kier molecular flexibility index (Phi) is 4.72. The molecular weight excluding hydrogens is 401 g/mol. The number of hydrogen-bond acceptors (Lipinski definition) is 3. The first kappa shape index (κ1) is 19.1. The Labute approximate surface area is 176 Å². The summed E-state index contributed by atoms with van der Waals surface area (Å²) in [6, 6.07) is 14.8. The van der Waals surface area contributed by atoms with Crippen molar-refractivity contribution in [3.8, 4) is 11.3 Å². The maximum absolute atomic E-state index is 14.4. The van der Waals surface area contributed by atoms with Gasteiger partial charge < -0.3 is 4.90 Å². The first-order valence-corrected chi connectivity index (χ1v) is 11.1. The molecule has 0 spiro atoms. The summed E-state index contributed by atoms with van der Waals surface area (Å²) < 4.78 is 26.1. The summed E-state index contributed by atoms with van der Waals surface area (Å²) in [5.74, 6) is -0.671. The van der Waals surface area contributed by atoms with E-state index in [1.807, 2.05) is 24.3 Å². The molecule has 0 saturated heterocycles. The second kappa shape index (κ2) is 7.41. The number of anilines is 1. The summed E-state index contributed by atoms with van der Waals surface area (Å²) >= 11 is 0. The smallest absolute Gasteiger partial charge is 0.230 e. The van der Waals surface area contributed by atoms with Crippen molar-refractivity contribution in [2.75, 3.05) is 11.4 Å². The van der Waals surface area contributed by atoms with Crippen LogP contribution >= 0.6 is 0 Å². The van der Waals surface area contributed by atoms with Crippen molar-refractivity contribution in [2.45, 2.75) is 24.2 Å². The number of carbonyl (C=O) groups excluding carboxylic acids is 1. The number of benzene rings is 2. The highest BCUT2D eigenvalue weighted by Crippen LogP contribution is 2.36. The van der Waals surface area contributed by atoms with Crippen LogP contribution < -0.4 is 10.0 Å². The summed E-state index contributed by atoms with van der Waals surface area (Å²) in [6.07, 6.45) is 3.52. The maximum Gasteiger partial charge on any atom is 0.230 e. The van der Waals surface area contributed by atoms with Gasteiger partial charge in [-0.3, -0.25) is 9.78 Å². The fraction of sp³-hybridized carbons (Fsp3) is 0.217. The van der Waals surface area contributed by atoms with Crippen LogP contribution in [-0.2, 0) is 35.0 Å². The second-order valence-electron chi connectivity index (χ2n) is 7.74. The van der Waals surface area contributed by atoms with Gasteiger partial charge in [0.15, 0.2) is 0 Å². The molecular formula is C23H20FN3O2S. The highest BCUT2D eigenvalue weighted by Gasteiger charge is 2.35. The third kappa shape index (κ3) is 3.24. The van der Waals surface area contributed by atoms with Crippen LogP contribution in [0, 0.1) is 11.7 Å². The van der Waals surface area contributed by atoms with E-state index in [1.54, 1.807) is 17.2 Å². The summed E-state index contributed by atoms with van der Waals surface area (Å²) in [4.78, 5) is 19.5. The van der Waals surface area contributed by atoms with Gasteiger partial charge >= 0.3 is 0 Å². The fourth-order valence-electron chi connectivity index (χ4n) is 4.48. The van der Waals surface area contributed by atoms with E-state index >= 15 is 0 Å². The minimum Gasteiger partial charge on any atom is -0.311 e. The maximum atomic E-state index is 14.4. The molecule has 1 amide bonds. The minimum absolute atomic E-state index is 0.0244. The zero-order valence-electron chi connectivity index (χ0n) is 16.2. The lowest BCUT2D eigenvalue weighted by molar-refractivity contribution is -0.122. The molecule has 1 aliphatic carbocycles. The van der Waals surface area contributed by atoms with Gasteiger partial charge in [-0.2, -0.15) is 0 Å². The average molecular weight is 421 g/mol. The van der Waals surface area contributed by atoms with Crippen LogP contribution in [0.4, 0.5) is 10.1 Å². The van der Waals surface area contributed by atoms with Crippen molar-refractivity contribution in [1.82, 2.24) is 4.98 Å². The Morgan fingerprint density at radius 2 is 1.97 bits per heavy atom. The van der Waals surface area contributed by atoms with Crippen LogP contribution in [0.1, 0.15) is 16.7 Å². The highest BCUT2D eigenvalue weighted by atomic mass is 32.2. The number of rotatable bonds is 3. The monoisotopic (exact) mass is 421 g/mol. The minimum atomic E-state index is -1.80. The molecule has 2 N–H and O–H groups in total. The third-order valence-electron chi connectivity index (χ3n) is 5.97. The number of pyridine rings is 1. The molecule has 3 aromatic rings. The van der Waals surface area contributed by atoms with Gasteiger partial charge in [-0.05, 0) is 60.7 Å². The van der Waals surface area contributed by atoms with Crippen LogP contribution in [0.25, 0.3) is 11.3 Å². The van der Waals surface area contributed by atoms with E-state index in [9.17, 15) is 13.4 Å². The standard InChI is InChI=1S/C23H20FN3O2S/c24-20-12-18(30(25)29)13-22-19(20)6-8-27(22)23(28)17-9-14-4-5-15(10-16(14)11-17)21-3-1-2-7-26-21/h1-5,7,10,12-13,17H,6,8-9,11,25H2. The van der Waals surface area contributed by atoms with Crippen LogP contribution in [0.15, 0.2) is 59.6 Å². The van der Waals surface area contributed by atoms with E-state index in [-0.39, 0.29) is 16.7 Å². The van der Waals surface area contributed by atoms with Crippen molar-refractivity contribution in [1.29, 1.82) is 0 Å². The molecule has 7 heteroatoms. The molecule has 0 saturated carbocycles. The van der Waals surface area contributed by atoms with Crippen molar-refractivity contribution in [3.63, 3.8) is 0 Å². The van der Waals surface area contributed by atoms with Crippen molar-refractivity contribution in [3.05, 3.63) is 77.2 Å². The van der Waals surface area contributed by atoms with Gasteiger partial charge in [0.25, 0.3) is 0 Å². The number of nitrogens with two attached hydrogens (primary N) is 1. The molecule has 2 unspecified atom stereocenters. The third-order valence-corrected chi connectivity index (χ3v) is 6.67. The zero-order chi connectivity index (χ0) is 20.8. The van der Waals surface area contributed by atoms with E-state index < -0.39 is 16.8 Å². The van der Waals surface area contributed by atoms with E-state index in [0.717, 1.165) is 22.4 Å². The van der Waals surface area contributed by atoms with Crippen LogP contribution in [-0.4, -0.2) is 21.6 Å².